The largest absolute Gasteiger partial charge is 0.392 e. The predicted octanol–water partition coefficient (Wildman–Crippen LogP) is 2.33. The third-order valence-corrected chi connectivity index (χ3v) is 2.52. The highest BCUT2D eigenvalue weighted by Gasteiger charge is 2.07. The number of aryl methyl sites for hydroxylation is 1. The van der Waals surface area contributed by atoms with Crippen LogP contribution in [0, 0.1) is 6.92 Å². The lowest BCUT2D eigenvalue weighted by Gasteiger charge is -2.24. The topological polar surface area (TPSA) is 23.5 Å². The van der Waals surface area contributed by atoms with Gasteiger partial charge in [-0.25, -0.2) is 0 Å². The van der Waals surface area contributed by atoms with Crippen LogP contribution in [-0.2, 0) is 6.61 Å². The molecule has 78 valence electrons. The van der Waals surface area contributed by atoms with E-state index in [1.807, 2.05) is 12.1 Å². The Hall–Kier alpha value is -1.02. The lowest BCUT2D eigenvalue weighted by atomic mass is 10.1. The minimum atomic E-state index is 0.117. The monoisotopic (exact) mass is 193 g/mol. The minimum Gasteiger partial charge on any atom is -0.392 e. The molecule has 1 aromatic carbocycles. The lowest BCUT2D eigenvalue weighted by Crippen LogP contribution is -2.23. The number of hydrogen-bond acceptors (Lipinski definition) is 2. The Balaban J connectivity index is 3.08. The maximum atomic E-state index is 9.22. The van der Waals surface area contributed by atoms with Crippen LogP contribution in [0.25, 0.3) is 0 Å². The summed E-state index contributed by atoms with van der Waals surface area (Å²) >= 11 is 0. The van der Waals surface area contributed by atoms with E-state index < -0.39 is 0 Å². The zero-order chi connectivity index (χ0) is 10.6. The number of nitrogens with zero attached hydrogens (tertiary/aromatic N) is 1. The highest BCUT2D eigenvalue weighted by molar-refractivity contribution is 5.55. The van der Waals surface area contributed by atoms with Crippen molar-refractivity contribution < 1.29 is 5.11 Å². The Labute approximate surface area is 86.2 Å². The molecule has 0 aromatic heterocycles. The molecule has 0 spiro atoms. The van der Waals surface area contributed by atoms with Crippen LogP contribution < -0.4 is 4.90 Å². The van der Waals surface area contributed by atoms with Crippen LogP contribution >= 0.6 is 0 Å². The fraction of sp³-hybridized carbons (Fsp3) is 0.500. The molecule has 0 unspecified atom stereocenters. The number of hydrogen-bond donors (Lipinski definition) is 1. The van der Waals surface area contributed by atoms with Crippen molar-refractivity contribution in [1.82, 2.24) is 0 Å². The smallest absolute Gasteiger partial charge is 0.0702 e. The van der Waals surface area contributed by atoms with Gasteiger partial charge in [0, 0.05) is 24.3 Å². The van der Waals surface area contributed by atoms with E-state index >= 15 is 0 Å². The van der Waals surface area contributed by atoms with Gasteiger partial charge in [-0.15, -0.1) is 0 Å². The Kier molecular flexibility index (Phi) is 3.96. The summed E-state index contributed by atoms with van der Waals surface area (Å²) in [6.07, 6.45) is 0. The third-order valence-electron chi connectivity index (χ3n) is 2.52. The van der Waals surface area contributed by atoms with Gasteiger partial charge in [0.1, 0.15) is 0 Å². The SMILES string of the molecule is CCN(CC)c1cc(C)ccc1CO. The molecule has 0 bridgehead atoms. The highest BCUT2D eigenvalue weighted by Crippen LogP contribution is 2.21. The molecule has 0 radical (unpaired) electrons. The van der Waals surface area contributed by atoms with Crippen LogP contribution in [-0.4, -0.2) is 18.2 Å². The van der Waals surface area contributed by atoms with Crippen LogP contribution in [0.4, 0.5) is 5.69 Å². The number of anilines is 1. The molecule has 0 saturated carbocycles. The first-order valence-electron chi connectivity index (χ1n) is 5.18. The van der Waals surface area contributed by atoms with E-state index in [1.54, 1.807) is 0 Å². The van der Waals surface area contributed by atoms with Crippen LogP contribution in [0.1, 0.15) is 25.0 Å². The van der Waals surface area contributed by atoms with Gasteiger partial charge in [0.2, 0.25) is 0 Å². The van der Waals surface area contributed by atoms with Crippen molar-refractivity contribution in [2.45, 2.75) is 27.4 Å². The van der Waals surface area contributed by atoms with Crippen LogP contribution in [0.2, 0.25) is 0 Å². The van der Waals surface area contributed by atoms with E-state index in [0.717, 1.165) is 24.3 Å². The molecule has 2 heteroatoms. The van der Waals surface area contributed by atoms with Gasteiger partial charge in [0.05, 0.1) is 6.61 Å². The Morgan fingerprint density at radius 3 is 2.36 bits per heavy atom. The molecule has 0 atom stereocenters. The van der Waals surface area contributed by atoms with Crippen molar-refractivity contribution in [3.63, 3.8) is 0 Å². The normalized spacial score (nSPS) is 10.3. The summed E-state index contributed by atoms with van der Waals surface area (Å²) in [6.45, 7) is 8.42. The lowest BCUT2D eigenvalue weighted by molar-refractivity contribution is 0.282. The van der Waals surface area contributed by atoms with Gasteiger partial charge in [-0.3, -0.25) is 0 Å². The van der Waals surface area contributed by atoms with Gasteiger partial charge in [-0.1, -0.05) is 12.1 Å². The van der Waals surface area contributed by atoms with E-state index in [1.165, 1.54) is 5.56 Å². The standard InChI is InChI=1S/C12H19NO/c1-4-13(5-2)12-8-10(3)6-7-11(12)9-14/h6-8,14H,4-5,9H2,1-3H3. The van der Waals surface area contributed by atoms with E-state index in [4.69, 9.17) is 0 Å². The minimum absolute atomic E-state index is 0.117. The van der Waals surface area contributed by atoms with Crippen LogP contribution in [0.5, 0.6) is 0 Å². The van der Waals surface area contributed by atoms with Crippen molar-refractivity contribution in [2.75, 3.05) is 18.0 Å². The molecule has 1 aromatic rings. The van der Waals surface area contributed by atoms with Gasteiger partial charge in [0.15, 0.2) is 0 Å². The van der Waals surface area contributed by atoms with Crippen molar-refractivity contribution in [1.29, 1.82) is 0 Å². The molecule has 1 N–H and O–H groups in total. The summed E-state index contributed by atoms with van der Waals surface area (Å²) in [4.78, 5) is 2.26. The predicted molar refractivity (Wildman–Crippen MR) is 60.7 cm³/mol. The summed E-state index contributed by atoms with van der Waals surface area (Å²) < 4.78 is 0. The van der Waals surface area contributed by atoms with Gasteiger partial charge < -0.3 is 10.0 Å². The van der Waals surface area contributed by atoms with Crippen LogP contribution in [0.3, 0.4) is 0 Å². The molecule has 0 amide bonds. The fourth-order valence-corrected chi connectivity index (χ4v) is 1.67. The van der Waals surface area contributed by atoms with Gasteiger partial charge in [-0.2, -0.15) is 0 Å². The van der Waals surface area contributed by atoms with E-state index in [2.05, 4.69) is 31.7 Å². The summed E-state index contributed by atoms with van der Waals surface area (Å²) in [5, 5.41) is 9.22. The second kappa shape index (κ2) is 5.01. The molecular formula is C12H19NO. The average Bonchev–Trinajstić information content (AvgIpc) is 2.20. The first-order chi connectivity index (χ1) is 6.72. The van der Waals surface area contributed by atoms with E-state index in [0.29, 0.717) is 0 Å². The fourth-order valence-electron chi connectivity index (χ4n) is 1.67. The zero-order valence-corrected chi connectivity index (χ0v) is 9.25. The van der Waals surface area contributed by atoms with Gasteiger partial charge in [0.25, 0.3) is 0 Å². The number of rotatable bonds is 4. The maximum Gasteiger partial charge on any atom is 0.0702 e. The van der Waals surface area contributed by atoms with Crippen LogP contribution in [0.15, 0.2) is 18.2 Å². The van der Waals surface area contributed by atoms with E-state index in [-0.39, 0.29) is 6.61 Å². The first-order valence-corrected chi connectivity index (χ1v) is 5.18. The average molecular weight is 193 g/mol. The summed E-state index contributed by atoms with van der Waals surface area (Å²) in [7, 11) is 0. The van der Waals surface area contributed by atoms with E-state index in [9.17, 15) is 5.11 Å². The molecule has 0 heterocycles. The van der Waals surface area contributed by atoms with Crippen molar-refractivity contribution in [3.8, 4) is 0 Å². The number of aliphatic hydroxyl groups excluding tert-OH is 1. The van der Waals surface area contributed by atoms with Gasteiger partial charge in [-0.05, 0) is 32.4 Å². The van der Waals surface area contributed by atoms with Crippen molar-refractivity contribution >= 4 is 5.69 Å². The Bertz CT molecular complexity index is 292. The third kappa shape index (κ3) is 2.26. The number of benzene rings is 1. The quantitative estimate of drug-likeness (QED) is 0.793. The second-order valence-electron chi connectivity index (χ2n) is 3.46. The van der Waals surface area contributed by atoms with Crippen molar-refractivity contribution in [3.05, 3.63) is 29.3 Å². The molecule has 0 aliphatic carbocycles. The molecule has 0 aliphatic heterocycles. The molecular weight excluding hydrogens is 174 g/mol. The number of aliphatic hydroxyl groups is 1. The highest BCUT2D eigenvalue weighted by atomic mass is 16.3. The summed E-state index contributed by atoms with van der Waals surface area (Å²) in [5.41, 5.74) is 3.42. The summed E-state index contributed by atoms with van der Waals surface area (Å²) in [5.74, 6) is 0. The maximum absolute atomic E-state index is 9.22. The molecule has 2 nitrogen and oxygen atoms in total. The molecule has 1 rings (SSSR count). The van der Waals surface area contributed by atoms with Gasteiger partial charge >= 0.3 is 0 Å². The Morgan fingerprint density at radius 2 is 1.86 bits per heavy atom. The Morgan fingerprint density at radius 1 is 1.21 bits per heavy atom. The molecule has 14 heavy (non-hydrogen) atoms. The van der Waals surface area contributed by atoms with Crippen molar-refractivity contribution in [2.24, 2.45) is 0 Å². The second-order valence-corrected chi connectivity index (χ2v) is 3.46. The zero-order valence-electron chi connectivity index (χ0n) is 9.25. The first kappa shape index (κ1) is 11.1. The summed E-state index contributed by atoms with van der Waals surface area (Å²) in [6, 6.07) is 6.18. The molecule has 0 saturated heterocycles. The molecule has 0 fully saturated rings. The molecule has 0 aliphatic rings.